The molecule has 0 bridgehead atoms. The van der Waals surface area contributed by atoms with Gasteiger partial charge in [0, 0.05) is 25.6 Å². The Morgan fingerprint density at radius 1 is 1.42 bits per heavy atom. The highest BCUT2D eigenvalue weighted by Crippen LogP contribution is 2.37. The lowest BCUT2D eigenvalue weighted by Gasteiger charge is -2.19. The molecule has 102 valence electrons. The first-order valence-electron chi connectivity index (χ1n) is 5.86. The fraction of sp³-hybridized carbons (Fsp3) is 0.385. The van der Waals surface area contributed by atoms with Crippen LogP contribution in [0.2, 0.25) is 10.0 Å². The number of hydrogen-bond donors (Lipinski definition) is 0. The van der Waals surface area contributed by atoms with E-state index in [4.69, 9.17) is 23.2 Å². The van der Waals surface area contributed by atoms with Gasteiger partial charge in [0.25, 0.3) is 0 Å². The van der Waals surface area contributed by atoms with Gasteiger partial charge in [0.2, 0.25) is 5.91 Å². The van der Waals surface area contributed by atoms with Crippen molar-refractivity contribution in [3.8, 4) is 0 Å². The molecule has 2 rings (SSSR count). The van der Waals surface area contributed by atoms with Crippen LogP contribution in [0.5, 0.6) is 0 Å². The number of hydrogen-bond acceptors (Lipinski definition) is 3. The summed E-state index contributed by atoms with van der Waals surface area (Å²) in [7, 11) is 0. The van der Waals surface area contributed by atoms with E-state index in [1.807, 2.05) is 0 Å². The molecular formula is C13H13Cl2NO2S. The molecule has 6 heteroatoms. The Morgan fingerprint density at radius 2 is 2.05 bits per heavy atom. The predicted molar refractivity (Wildman–Crippen MR) is 80.1 cm³/mol. The third-order valence-electron chi connectivity index (χ3n) is 2.93. The molecule has 1 aromatic rings. The normalized spacial score (nSPS) is 19.0. The summed E-state index contributed by atoms with van der Waals surface area (Å²) in [6.45, 7) is 2.09. The smallest absolute Gasteiger partial charge is 0.227 e. The van der Waals surface area contributed by atoms with Gasteiger partial charge < -0.3 is 4.90 Å². The fourth-order valence-corrected chi connectivity index (χ4v) is 3.39. The number of halogens is 2. The minimum absolute atomic E-state index is 0.00384. The third kappa shape index (κ3) is 3.44. The maximum atomic E-state index is 12.0. The average molecular weight is 318 g/mol. The highest BCUT2D eigenvalue weighted by atomic mass is 35.5. The lowest BCUT2D eigenvalue weighted by Crippen LogP contribution is -2.25. The summed E-state index contributed by atoms with van der Waals surface area (Å²) in [5.41, 5.74) is 0.575. The van der Waals surface area contributed by atoms with Gasteiger partial charge in [-0.1, -0.05) is 41.0 Å². The number of para-hydroxylation sites is 1. The van der Waals surface area contributed by atoms with E-state index in [0.717, 1.165) is 0 Å². The number of benzene rings is 1. The summed E-state index contributed by atoms with van der Waals surface area (Å²) < 4.78 is 0. The van der Waals surface area contributed by atoms with Crippen molar-refractivity contribution >= 4 is 51.7 Å². The molecule has 3 nitrogen and oxygen atoms in total. The molecule has 0 N–H and O–H groups in total. The van der Waals surface area contributed by atoms with Crippen LogP contribution in [-0.4, -0.2) is 23.3 Å². The Kier molecular flexibility index (Phi) is 4.76. The highest BCUT2D eigenvalue weighted by molar-refractivity contribution is 8.13. The van der Waals surface area contributed by atoms with Crippen molar-refractivity contribution in [2.75, 3.05) is 17.2 Å². The number of carbonyl (C=O) groups is 2. The van der Waals surface area contributed by atoms with Crippen LogP contribution in [0, 0.1) is 5.92 Å². The second-order valence-electron chi connectivity index (χ2n) is 4.45. The number of carbonyl (C=O) groups excluding carboxylic acids is 2. The molecule has 1 aliphatic heterocycles. The van der Waals surface area contributed by atoms with E-state index in [2.05, 4.69) is 0 Å². The van der Waals surface area contributed by atoms with Gasteiger partial charge in [-0.15, -0.1) is 0 Å². The standard InChI is InChI=1S/C13H13Cl2NO2S/c1-8(17)19-7-9-5-12(18)16(6-9)13-10(14)3-2-4-11(13)15/h2-4,9H,5-7H2,1H3. The molecule has 0 saturated carbocycles. The maximum absolute atomic E-state index is 12.0. The monoisotopic (exact) mass is 317 g/mol. The molecule has 1 fully saturated rings. The minimum atomic E-state index is 0.00384. The molecule has 0 spiro atoms. The first-order valence-corrected chi connectivity index (χ1v) is 7.61. The summed E-state index contributed by atoms with van der Waals surface area (Å²) in [5.74, 6) is 0.817. The van der Waals surface area contributed by atoms with Crippen LogP contribution in [-0.2, 0) is 9.59 Å². The van der Waals surface area contributed by atoms with Gasteiger partial charge in [0.1, 0.15) is 0 Å². The van der Waals surface area contributed by atoms with Crippen LogP contribution in [0.1, 0.15) is 13.3 Å². The second kappa shape index (κ2) is 6.16. The molecule has 1 saturated heterocycles. The van der Waals surface area contributed by atoms with Gasteiger partial charge in [-0.05, 0) is 18.1 Å². The van der Waals surface area contributed by atoms with Gasteiger partial charge in [0.15, 0.2) is 5.12 Å². The zero-order valence-corrected chi connectivity index (χ0v) is 12.7. The van der Waals surface area contributed by atoms with E-state index in [9.17, 15) is 9.59 Å². The van der Waals surface area contributed by atoms with Crippen molar-refractivity contribution < 1.29 is 9.59 Å². The topological polar surface area (TPSA) is 37.4 Å². The number of rotatable bonds is 3. The van der Waals surface area contributed by atoms with Crippen molar-refractivity contribution in [3.05, 3.63) is 28.2 Å². The lowest BCUT2D eigenvalue weighted by molar-refractivity contribution is -0.117. The molecule has 0 radical (unpaired) electrons. The molecule has 1 heterocycles. The van der Waals surface area contributed by atoms with E-state index in [0.29, 0.717) is 34.5 Å². The second-order valence-corrected chi connectivity index (χ2v) is 6.46. The molecule has 1 amide bonds. The largest absolute Gasteiger partial charge is 0.309 e. The zero-order valence-electron chi connectivity index (χ0n) is 10.4. The Bertz CT molecular complexity index is 501. The van der Waals surface area contributed by atoms with Crippen molar-refractivity contribution in [1.29, 1.82) is 0 Å². The number of nitrogens with zero attached hydrogens (tertiary/aromatic N) is 1. The van der Waals surface area contributed by atoms with E-state index < -0.39 is 0 Å². The van der Waals surface area contributed by atoms with Crippen LogP contribution in [0.4, 0.5) is 5.69 Å². The quantitative estimate of drug-likeness (QED) is 0.854. The van der Waals surface area contributed by atoms with Gasteiger partial charge in [-0.2, -0.15) is 0 Å². The summed E-state index contributed by atoms with van der Waals surface area (Å²) in [6, 6.07) is 5.18. The van der Waals surface area contributed by atoms with Gasteiger partial charge in [-0.3, -0.25) is 9.59 Å². The third-order valence-corrected chi connectivity index (χ3v) is 4.59. The molecule has 0 aliphatic carbocycles. The van der Waals surface area contributed by atoms with Gasteiger partial charge in [0.05, 0.1) is 15.7 Å². The molecule has 0 aromatic heterocycles. The highest BCUT2D eigenvalue weighted by Gasteiger charge is 2.32. The first kappa shape index (κ1) is 14.7. The zero-order chi connectivity index (χ0) is 14.0. The van der Waals surface area contributed by atoms with Crippen molar-refractivity contribution in [1.82, 2.24) is 0 Å². The molecule has 1 atom stereocenters. The molecule has 1 unspecified atom stereocenters. The predicted octanol–water partition coefficient (Wildman–Crippen LogP) is 3.63. The Labute approximate surface area is 126 Å². The summed E-state index contributed by atoms with van der Waals surface area (Å²) in [5, 5.41) is 1.02. The molecule has 1 aliphatic rings. The van der Waals surface area contributed by atoms with Crippen LogP contribution < -0.4 is 4.90 Å². The summed E-state index contributed by atoms with van der Waals surface area (Å²) in [6.07, 6.45) is 0.432. The van der Waals surface area contributed by atoms with Crippen LogP contribution >= 0.6 is 35.0 Å². The Balaban J connectivity index is 2.14. The number of thioether (sulfide) groups is 1. The van der Waals surface area contributed by atoms with Crippen molar-refractivity contribution in [2.24, 2.45) is 5.92 Å². The van der Waals surface area contributed by atoms with E-state index in [1.54, 1.807) is 23.1 Å². The van der Waals surface area contributed by atoms with Crippen LogP contribution in [0.3, 0.4) is 0 Å². The average Bonchev–Trinajstić information content (AvgIpc) is 2.68. The first-order chi connectivity index (χ1) is 8.99. The van der Waals surface area contributed by atoms with Crippen LogP contribution in [0.25, 0.3) is 0 Å². The Hall–Kier alpha value is -0.710. The lowest BCUT2D eigenvalue weighted by atomic mass is 10.1. The van der Waals surface area contributed by atoms with Crippen molar-refractivity contribution in [3.63, 3.8) is 0 Å². The molecule has 19 heavy (non-hydrogen) atoms. The fourth-order valence-electron chi connectivity index (χ4n) is 2.09. The van der Waals surface area contributed by atoms with E-state index in [-0.39, 0.29) is 16.9 Å². The van der Waals surface area contributed by atoms with E-state index in [1.165, 1.54) is 18.7 Å². The summed E-state index contributed by atoms with van der Waals surface area (Å²) in [4.78, 5) is 24.6. The Morgan fingerprint density at radius 3 is 2.63 bits per heavy atom. The SMILES string of the molecule is CC(=O)SCC1CC(=O)N(c2c(Cl)cccc2Cl)C1. The summed E-state index contributed by atoms with van der Waals surface area (Å²) >= 11 is 13.5. The van der Waals surface area contributed by atoms with Gasteiger partial charge >= 0.3 is 0 Å². The van der Waals surface area contributed by atoms with Crippen LogP contribution in [0.15, 0.2) is 18.2 Å². The molecule has 1 aromatic carbocycles. The maximum Gasteiger partial charge on any atom is 0.227 e. The number of amides is 1. The van der Waals surface area contributed by atoms with E-state index >= 15 is 0 Å². The van der Waals surface area contributed by atoms with Gasteiger partial charge in [-0.25, -0.2) is 0 Å². The molecular weight excluding hydrogens is 305 g/mol. The number of anilines is 1. The minimum Gasteiger partial charge on any atom is -0.309 e. The van der Waals surface area contributed by atoms with Crippen molar-refractivity contribution in [2.45, 2.75) is 13.3 Å².